The van der Waals surface area contributed by atoms with Crippen LogP contribution in [0.25, 0.3) is 0 Å². The van der Waals surface area contributed by atoms with Gasteiger partial charge in [0.1, 0.15) is 0 Å². The van der Waals surface area contributed by atoms with Crippen molar-refractivity contribution in [3.63, 3.8) is 0 Å². The number of carbonyl (C=O) groups is 2. The van der Waals surface area contributed by atoms with E-state index in [4.69, 9.17) is 4.74 Å². The highest BCUT2D eigenvalue weighted by Gasteiger charge is 2.31. The smallest absolute Gasteiger partial charge is 0.340 e. The molecule has 0 N–H and O–H groups in total. The lowest BCUT2D eigenvalue weighted by Gasteiger charge is -2.33. The maximum atomic E-state index is 13.1. The van der Waals surface area contributed by atoms with Crippen molar-refractivity contribution in [2.75, 3.05) is 26.7 Å². The molecule has 1 aliphatic carbocycles. The van der Waals surface area contributed by atoms with Gasteiger partial charge in [-0.1, -0.05) is 42.8 Å². The van der Waals surface area contributed by atoms with Crippen molar-refractivity contribution in [2.45, 2.75) is 49.5 Å². The fourth-order valence-corrected chi connectivity index (χ4v) is 6.41. The Morgan fingerprint density at radius 3 is 2.48 bits per heavy atom. The third kappa shape index (κ3) is 4.96. The summed E-state index contributed by atoms with van der Waals surface area (Å²) < 4.78 is 33.0. The number of esters is 1. The first-order chi connectivity index (χ1) is 15.9. The molecule has 1 atom stereocenters. The first kappa shape index (κ1) is 23.4. The maximum Gasteiger partial charge on any atom is 0.340 e. The standard InChI is InChI=1S/C25H30N2O5S/c1-26(22-14-9-11-19-10-3-4-12-20(19)22)24(28)18-32-25(29)21-13-5-6-15-23(21)33(30,31)27-16-7-2-8-17-27/h3-6,10,12-13,15,22H,2,7-9,11,14,16-18H2,1H3. The predicted molar refractivity (Wildman–Crippen MR) is 124 cm³/mol. The van der Waals surface area contributed by atoms with E-state index in [0.29, 0.717) is 13.1 Å². The van der Waals surface area contributed by atoms with Gasteiger partial charge in [0.2, 0.25) is 10.0 Å². The Bertz CT molecular complexity index is 1130. The van der Waals surface area contributed by atoms with Gasteiger partial charge >= 0.3 is 5.97 Å². The zero-order valence-electron chi connectivity index (χ0n) is 18.9. The van der Waals surface area contributed by atoms with Crippen LogP contribution < -0.4 is 0 Å². The summed E-state index contributed by atoms with van der Waals surface area (Å²) in [6.07, 6.45) is 5.43. The molecule has 0 spiro atoms. The Morgan fingerprint density at radius 2 is 1.70 bits per heavy atom. The summed E-state index contributed by atoms with van der Waals surface area (Å²) in [7, 11) is -2.09. The molecule has 0 saturated carbocycles. The van der Waals surface area contributed by atoms with Gasteiger partial charge < -0.3 is 9.64 Å². The summed E-state index contributed by atoms with van der Waals surface area (Å²) in [6, 6.07) is 14.1. The molecule has 0 aromatic heterocycles. The van der Waals surface area contributed by atoms with Crippen molar-refractivity contribution in [1.29, 1.82) is 0 Å². The van der Waals surface area contributed by atoms with Crippen LogP contribution >= 0.6 is 0 Å². The maximum absolute atomic E-state index is 13.1. The average molecular weight is 471 g/mol. The number of hydrogen-bond acceptors (Lipinski definition) is 5. The van der Waals surface area contributed by atoms with Gasteiger partial charge in [-0.2, -0.15) is 4.31 Å². The third-order valence-electron chi connectivity index (χ3n) is 6.57. The van der Waals surface area contributed by atoms with Crippen molar-refractivity contribution in [1.82, 2.24) is 9.21 Å². The number of hydrogen-bond donors (Lipinski definition) is 0. The van der Waals surface area contributed by atoms with Crippen LogP contribution in [0.15, 0.2) is 53.4 Å². The predicted octanol–water partition coefficient (Wildman–Crippen LogP) is 3.55. The molecule has 1 aliphatic heterocycles. The Balaban J connectivity index is 1.45. The minimum atomic E-state index is -3.81. The zero-order valence-corrected chi connectivity index (χ0v) is 19.7. The lowest BCUT2D eigenvalue weighted by Crippen LogP contribution is -2.37. The highest BCUT2D eigenvalue weighted by atomic mass is 32.2. The molecular formula is C25H30N2O5S. The molecule has 1 saturated heterocycles. The number of likely N-dealkylation sites (N-methyl/N-ethyl adjacent to an activating group) is 1. The SMILES string of the molecule is CN(C(=O)COC(=O)c1ccccc1S(=O)(=O)N1CCCCC1)C1CCCc2ccccc21. The number of aryl methyl sites for hydroxylation is 1. The molecule has 1 amide bonds. The van der Waals surface area contributed by atoms with Crippen LogP contribution in [0, 0.1) is 0 Å². The number of fused-ring (bicyclic) bond motifs is 1. The number of benzene rings is 2. The van der Waals surface area contributed by atoms with Crippen molar-refractivity contribution in [2.24, 2.45) is 0 Å². The van der Waals surface area contributed by atoms with Crippen LogP contribution in [0.3, 0.4) is 0 Å². The fourth-order valence-electron chi connectivity index (χ4n) is 4.72. The average Bonchev–Trinajstić information content (AvgIpc) is 2.86. The molecule has 1 fully saturated rings. The van der Waals surface area contributed by atoms with E-state index in [-0.39, 0.29) is 22.4 Å². The third-order valence-corrected chi connectivity index (χ3v) is 8.52. The van der Waals surface area contributed by atoms with Gasteiger partial charge in [0, 0.05) is 20.1 Å². The first-order valence-electron chi connectivity index (χ1n) is 11.5. The molecule has 0 radical (unpaired) electrons. The minimum absolute atomic E-state index is 0.0402. The van der Waals surface area contributed by atoms with Gasteiger partial charge in [-0.05, 0) is 55.4 Å². The van der Waals surface area contributed by atoms with E-state index in [1.54, 1.807) is 24.1 Å². The van der Waals surface area contributed by atoms with Crippen molar-refractivity contribution in [3.8, 4) is 0 Å². The zero-order chi connectivity index (χ0) is 23.4. The van der Waals surface area contributed by atoms with Crippen molar-refractivity contribution < 1.29 is 22.7 Å². The van der Waals surface area contributed by atoms with Crippen LogP contribution in [0.4, 0.5) is 0 Å². The molecule has 2 aromatic carbocycles. The Kier molecular flexibility index (Phi) is 7.14. The van der Waals surface area contributed by atoms with Crippen LogP contribution in [0.2, 0.25) is 0 Å². The summed E-state index contributed by atoms with van der Waals surface area (Å²) >= 11 is 0. The summed E-state index contributed by atoms with van der Waals surface area (Å²) in [5, 5.41) is 0. The lowest BCUT2D eigenvalue weighted by atomic mass is 9.87. The number of rotatable bonds is 6. The van der Waals surface area contributed by atoms with E-state index < -0.39 is 22.6 Å². The Labute approximate surface area is 195 Å². The second-order valence-electron chi connectivity index (χ2n) is 8.65. The largest absolute Gasteiger partial charge is 0.452 e. The molecule has 2 aliphatic rings. The number of amides is 1. The van der Waals surface area contributed by atoms with Crippen molar-refractivity contribution in [3.05, 3.63) is 65.2 Å². The number of piperidine rings is 1. The minimum Gasteiger partial charge on any atom is -0.452 e. The molecule has 7 nitrogen and oxygen atoms in total. The van der Waals surface area contributed by atoms with Gasteiger partial charge in [0.25, 0.3) is 5.91 Å². The van der Waals surface area contributed by atoms with Gasteiger partial charge in [0.05, 0.1) is 16.5 Å². The van der Waals surface area contributed by atoms with E-state index >= 15 is 0 Å². The first-order valence-corrected chi connectivity index (χ1v) is 12.9. The summed E-state index contributed by atoms with van der Waals surface area (Å²) in [5.41, 5.74) is 2.33. The topological polar surface area (TPSA) is 84.0 Å². The quantitative estimate of drug-likeness (QED) is 0.603. The number of nitrogens with zero attached hydrogens (tertiary/aromatic N) is 2. The van der Waals surface area contributed by atoms with Crippen LogP contribution in [0.1, 0.15) is 59.6 Å². The van der Waals surface area contributed by atoms with Crippen LogP contribution in [-0.2, 0) is 26.0 Å². The molecule has 1 unspecified atom stereocenters. The molecule has 176 valence electrons. The molecule has 0 bridgehead atoms. The second-order valence-corrected chi connectivity index (χ2v) is 10.6. The number of ether oxygens (including phenoxy) is 1. The van der Waals surface area contributed by atoms with E-state index in [2.05, 4.69) is 6.07 Å². The normalized spacial score (nSPS) is 18.9. The second kappa shape index (κ2) is 10.1. The molecule has 4 rings (SSSR count). The Hall–Kier alpha value is -2.71. The number of sulfonamides is 1. The number of carbonyl (C=O) groups excluding carboxylic acids is 2. The summed E-state index contributed by atoms with van der Waals surface area (Å²) in [4.78, 5) is 27.2. The van der Waals surface area contributed by atoms with E-state index in [1.165, 1.54) is 22.0 Å². The van der Waals surface area contributed by atoms with E-state index in [0.717, 1.165) is 44.1 Å². The van der Waals surface area contributed by atoms with Gasteiger partial charge in [-0.15, -0.1) is 0 Å². The van der Waals surface area contributed by atoms with Gasteiger partial charge in [-0.3, -0.25) is 4.79 Å². The van der Waals surface area contributed by atoms with Gasteiger partial charge in [0.15, 0.2) is 6.61 Å². The van der Waals surface area contributed by atoms with E-state index in [1.807, 2.05) is 18.2 Å². The van der Waals surface area contributed by atoms with Gasteiger partial charge in [-0.25, -0.2) is 13.2 Å². The molecule has 33 heavy (non-hydrogen) atoms. The molecule has 1 heterocycles. The summed E-state index contributed by atoms with van der Waals surface area (Å²) in [6.45, 7) is 0.446. The molecule has 2 aromatic rings. The van der Waals surface area contributed by atoms with Crippen LogP contribution in [0.5, 0.6) is 0 Å². The summed E-state index contributed by atoms with van der Waals surface area (Å²) in [5.74, 6) is -1.13. The van der Waals surface area contributed by atoms with Crippen molar-refractivity contribution >= 4 is 21.9 Å². The van der Waals surface area contributed by atoms with E-state index in [9.17, 15) is 18.0 Å². The highest BCUT2D eigenvalue weighted by Crippen LogP contribution is 2.33. The molecular weight excluding hydrogens is 440 g/mol. The van der Waals surface area contributed by atoms with Crippen LogP contribution in [-0.4, -0.2) is 56.2 Å². The highest BCUT2D eigenvalue weighted by molar-refractivity contribution is 7.89. The Morgan fingerprint density at radius 1 is 1.00 bits per heavy atom. The lowest BCUT2D eigenvalue weighted by molar-refractivity contribution is -0.135. The fraction of sp³-hybridized carbons (Fsp3) is 0.440. The molecule has 8 heteroatoms. The monoisotopic (exact) mass is 470 g/mol.